The van der Waals surface area contributed by atoms with Crippen LogP contribution in [0.15, 0.2) is 24.3 Å². The molecule has 0 amide bonds. The van der Waals surface area contributed by atoms with Crippen LogP contribution in [-0.2, 0) is 0 Å². The molecule has 0 aliphatic rings. The Hall–Kier alpha value is -2.37. The number of carboxylic acid groups (broad SMARTS) is 1. The molecule has 1 aromatic carbocycles. The molecule has 6 heteroatoms. The number of benzene rings is 1. The van der Waals surface area contributed by atoms with Crippen LogP contribution in [0.5, 0.6) is 5.75 Å². The molecular weight excluding hydrogens is 210 g/mol. The maximum absolute atomic E-state index is 10.6. The number of nitrogens with one attached hydrogen (secondary N) is 1. The molecule has 0 bridgehead atoms. The van der Waals surface area contributed by atoms with Crippen molar-refractivity contribution in [3.05, 3.63) is 30.1 Å². The van der Waals surface area contributed by atoms with Crippen LogP contribution in [-0.4, -0.2) is 33.4 Å². The number of rotatable bonds is 3. The average Bonchev–Trinajstić information content (AvgIpc) is 2.78. The highest BCUT2D eigenvalue weighted by Crippen LogP contribution is 2.20. The van der Waals surface area contributed by atoms with Crippen LogP contribution in [0.4, 0.5) is 0 Å². The van der Waals surface area contributed by atoms with Gasteiger partial charge in [-0.3, -0.25) is 5.10 Å². The number of methoxy groups -OCH3 is 1. The molecule has 0 fully saturated rings. The lowest BCUT2D eigenvalue weighted by atomic mass is 10.2. The molecule has 0 aliphatic carbocycles. The molecule has 1 heterocycles. The van der Waals surface area contributed by atoms with E-state index >= 15 is 0 Å². The Morgan fingerprint density at radius 1 is 1.50 bits per heavy atom. The largest absolute Gasteiger partial charge is 0.497 e. The van der Waals surface area contributed by atoms with Crippen LogP contribution in [0, 0.1) is 0 Å². The van der Waals surface area contributed by atoms with Crippen molar-refractivity contribution in [3.63, 3.8) is 0 Å². The Kier molecular flexibility index (Phi) is 2.55. The number of nitrogens with zero attached hydrogens (tertiary/aromatic N) is 2. The van der Waals surface area contributed by atoms with Gasteiger partial charge < -0.3 is 9.84 Å². The van der Waals surface area contributed by atoms with Gasteiger partial charge in [-0.1, -0.05) is 12.1 Å². The van der Waals surface area contributed by atoms with Gasteiger partial charge in [-0.05, 0) is 12.1 Å². The zero-order valence-corrected chi connectivity index (χ0v) is 8.47. The summed E-state index contributed by atoms with van der Waals surface area (Å²) in [5, 5.41) is 14.8. The standard InChI is InChI=1S/C10H9N3O3/c1-16-7-4-2-3-6(5-7)8-11-9(10(14)15)13-12-8/h2-5H,1H3,(H,14,15)(H,11,12,13). The number of aromatic amines is 1. The van der Waals surface area contributed by atoms with Gasteiger partial charge in [0, 0.05) is 5.56 Å². The van der Waals surface area contributed by atoms with Crippen molar-refractivity contribution in [3.8, 4) is 17.1 Å². The quantitative estimate of drug-likeness (QED) is 0.809. The molecule has 2 rings (SSSR count). The minimum atomic E-state index is -1.16. The van der Waals surface area contributed by atoms with Crippen LogP contribution < -0.4 is 4.74 Å². The molecule has 6 nitrogen and oxygen atoms in total. The summed E-state index contributed by atoms with van der Waals surface area (Å²) in [6.07, 6.45) is 0. The van der Waals surface area contributed by atoms with Crippen molar-refractivity contribution < 1.29 is 14.6 Å². The monoisotopic (exact) mass is 219 g/mol. The molecule has 2 aromatic rings. The van der Waals surface area contributed by atoms with Crippen molar-refractivity contribution >= 4 is 5.97 Å². The Labute approximate surface area is 90.9 Å². The van der Waals surface area contributed by atoms with Crippen molar-refractivity contribution in [2.24, 2.45) is 0 Å². The van der Waals surface area contributed by atoms with E-state index in [-0.39, 0.29) is 5.82 Å². The van der Waals surface area contributed by atoms with E-state index in [4.69, 9.17) is 9.84 Å². The van der Waals surface area contributed by atoms with Crippen molar-refractivity contribution in [1.29, 1.82) is 0 Å². The molecule has 0 saturated heterocycles. The maximum Gasteiger partial charge on any atom is 0.375 e. The summed E-state index contributed by atoms with van der Waals surface area (Å²) in [6.45, 7) is 0. The maximum atomic E-state index is 10.6. The first-order chi connectivity index (χ1) is 7.70. The Morgan fingerprint density at radius 2 is 2.31 bits per heavy atom. The molecule has 0 radical (unpaired) electrons. The van der Waals surface area contributed by atoms with E-state index in [0.29, 0.717) is 11.6 Å². The molecular formula is C10H9N3O3. The first-order valence-electron chi connectivity index (χ1n) is 4.51. The van der Waals surface area contributed by atoms with Crippen LogP contribution >= 0.6 is 0 Å². The summed E-state index contributed by atoms with van der Waals surface area (Å²) in [6, 6.07) is 7.11. The molecule has 0 saturated carbocycles. The van der Waals surface area contributed by atoms with Crippen molar-refractivity contribution in [1.82, 2.24) is 15.2 Å². The number of H-pyrrole nitrogens is 1. The number of aromatic nitrogens is 3. The third-order valence-corrected chi connectivity index (χ3v) is 2.02. The van der Waals surface area contributed by atoms with Gasteiger partial charge in [0.15, 0.2) is 5.82 Å². The normalized spacial score (nSPS) is 10.1. The van der Waals surface area contributed by atoms with E-state index in [2.05, 4.69) is 15.2 Å². The molecule has 1 aromatic heterocycles. The van der Waals surface area contributed by atoms with Gasteiger partial charge in [-0.15, -0.1) is 5.10 Å². The molecule has 0 aliphatic heterocycles. The van der Waals surface area contributed by atoms with Gasteiger partial charge in [-0.25, -0.2) is 9.78 Å². The predicted octanol–water partition coefficient (Wildman–Crippen LogP) is 1.18. The number of carbonyl (C=O) groups is 1. The highest BCUT2D eigenvalue weighted by atomic mass is 16.5. The molecule has 0 atom stereocenters. The zero-order chi connectivity index (χ0) is 11.5. The topological polar surface area (TPSA) is 88.1 Å². The molecule has 0 spiro atoms. The summed E-state index contributed by atoms with van der Waals surface area (Å²) >= 11 is 0. The highest BCUT2D eigenvalue weighted by Gasteiger charge is 2.11. The van der Waals surface area contributed by atoms with Gasteiger partial charge in [0.1, 0.15) is 5.75 Å². The van der Waals surface area contributed by atoms with Crippen LogP contribution in [0.25, 0.3) is 11.4 Å². The van der Waals surface area contributed by atoms with Crippen molar-refractivity contribution in [2.75, 3.05) is 7.11 Å². The minimum absolute atomic E-state index is 0.252. The van der Waals surface area contributed by atoms with Crippen LogP contribution in [0.1, 0.15) is 10.6 Å². The fourth-order valence-electron chi connectivity index (χ4n) is 1.26. The fourth-order valence-corrected chi connectivity index (χ4v) is 1.26. The molecule has 0 unspecified atom stereocenters. The lowest BCUT2D eigenvalue weighted by molar-refractivity contribution is 0.0684. The zero-order valence-electron chi connectivity index (χ0n) is 8.47. The number of ether oxygens (including phenoxy) is 1. The van der Waals surface area contributed by atoms with Gasteiger partial charge in [-0.2, -0.15) is 0 Å². The number of carboxylic acids is 1. The van der Waals surface area contributed by atoms with Gasteiger partial charge in [0.2, 0.25) is 0 Å². The lowest BCUT2D eigenvalue weighted by Crippen LogP contribution is -1.98. The lowest BCUT2D eigenvalue weighted by Gasteiger charge is -2.00. The van der Waals surface area contributed by atoms with E-state index in [0.717, 1.165) is 5.56 Å². The van der Waals surface area contributed by atoms with Gasteiger partial charge in [0.25, 0.3) is 5.82 Å². The number of aromatic carboxylic acids is 1. The van der Waals surface area contributed by atoms with E-state index in [1.807, 2.05) is 0 Å². The van der Waals surface area contributed by atoms with E-state index in [1.165, 1.54) is 0 Å². The van der Waals surface area contributed by atoms with E-state index in [9.17, 15) is 4.79 Å². The smallest absolute Gasteiger partial charge is 0.375 e. The fraction of sp³-hybridized carbons (Fsp3) is 0.100. The van der Waals surface area contributed by atoms with E-state index < -0.39 is 5.97 Å². The second-order valence-electron chi connectivity index (χ2n) is 3.04. The van der Waals surface area contributed by atoms with Gasteiger partial charge >= 0.3 is 5.97 Å². The number of hydrogen-bond acceptors (Lipinski definition) is 4. The first-order valence-corrected chi connectivity index (χ1v) is 4.51. The summed E-state index contributed by atoms with van der Waals surface area (Å²) in [5.74, 6) is -0.342. The van der Waals surface area contributed by atoms with Crippen LogP contribution in [0.2, 0.25) is 0 Å². The molecule has 2 N–H and O–H groups in total. The second kappa shape index (κ2) is 4.01. The second-order valence-corrected chi connectivity index (χ2v) is 3.04. The Bertz CT molecular complexity index is 522. The predicted molar refractivity (Wildman–Crippen MR) is 55.3 cm³/mol. The molecule has 16 heavy (non-hydrogen) atoms. The van der Waals surface area contributed by atoms with Crippen LogP contribution in [0.3, 0.4) is 0 Å². The molecule has 82 valence electrons. The summed E-state index contributed by atoms with van der Waals surface area (Å²) in [5.41, 5.74) is 0.722. The third kappa shape index (κ3) is 1.85. The van der Waals surface area contributed by atoms with E-state index in [1.54, 1.807) is 31.4 Å². The summed E-state index contributed by atoms with van der Waals surface area (Å²) in [7, 11) is 1.56. The third-order valence-electron chi connectivity index (χ3n) is 2.02. The first kappa shape index (κ1) is 10.2. The average molecular weight is 219 g/mol. The Balaban J connectivity index is 2.38. The number of hydrogen-bond donors (Lipinski definition) is 2. The highest BCUT2D eigenvalue weighted by molar-refractivity contribution is 5.83. The SMILES string of the molecule is COc1cccc(-c2nc(C(=O)O)n[nH]2)c1. The summed E-state index contributed by atoms with van der Waals surface area (Å²) in [4.78, 5) is 14.4. The minimum Gasteiger partial charge on any atom is -0.497 e. The van der Waals surface area contributed by atoms with Gasteiger partial charge in [0.05, 0.1) is 7.11 Å². The van der Waals surface area contributed by atoms with Crippen molar-refractivity contribution in [2.45, 2.75) is 0 Å². The summed E-state index contributed by atoms with van der Waals surface area (Å²) < 4.78 is 5.05. The Morgan fingerprint density at radius 3 is 2.94 bits per heavy atom.